The molecule has 3 heteroatoms. The van der Waals surface area contributed by atoms with Gasteiger partial charge >= 0.3 is 0 Å². The molecule has 0 aliphatic carbocycles. The van der Waals surface area contributed by atoms with Gasteiger partial charge in [-0.15, -0.1) is 0 Å². The molecule has 0 amide bonds. The van der Waals surface area contributed by atoms with E-state index >= 15 is 0 Å². The third kappa shape index (κ3) is 5.29. The predicted molar refractivity (Wildman–Crippen MR) is 146 cm³/mol. The van der Waals surface area contributed by atoms with Crippen LogP contribution in [0.3, 0.4) is 0 Å². The lowest BCUT2D eigenvalue weighted by Crippen LogP contribution is -2.29. The zero-order valence-electron chi connectivity index (χ0n) is 21.2. The minimum Gasteiger partial charge on any atom is -0.376 e. The number of aryl methyl sites for hydroxylation is 1. The monoisotopic (exact) mass is 462 g/mol. The molecule has 2 heterocycles. The number of aromatic nitrogens is 1. The Kier molecular flexibility index (Phi) is 7.63. The number of hydrogen-bond acceptors (Lipinski definition) is 3. The highest BCUT2D eigenvalue weighted by Gasteiger charge is 2.25. The molecular weight excluding hydrogens is 428 g/mol. The lowest BCUT2D eigenvalue weighted by atomic mass is 9.86. The largest absolute Gasteiger partial charge is 0.376 e. The first-order valence-electron chi connectivity index (χ1n) is 12.5. The molecule has 1 aromatic heterocycles. The number of rotatable bonds is 6. The van der Waals surface area contributed by atoms with Gasteiger partial charge in [-0.3, -0.25) is 4.98 Å². The van der Waals surface area contributed by atoms with Crippen LogP contribution in [-0.4, -0.2) is 17.2 Å². The van der Waals surface area contributed by atoms with Crippen LogP contribution in [-0.2, 0) is 11.2 Å². The van der Waals surface area contributed by atoms with Crippen LogP contribution in [0.25, 0.3) is 27.6 Å². The third-order valence-electron chi connectivity index (χ3n) is 7.09. The third-order valence-corrected chi connectivity index (χ3v) is 7.09. The van der Waals surface area contributed by atoms with Crippen LogP contribution in [0.1, 0.15) is 57.2 Å². The van der Waals surface area contributed by atoms with E-state index < -0.39 is 0 Å². The lowest BCUT2D eigenvalue weighted by molar-refractivity contribution is -0.0454. The first kappa shape index (κ1) is 24.6. The van der Waals surface area contributed by atoms with Crippen molar-refractivity contribution < 1.29 is 4.74 Å². The Morgan fingerprint density at radius 1 is 1.11 bits per heavy atom. The zero-order valence-corrected chi connectivity index (χ0v) is 21.2. The summed E-state index contributed by atoms with van der Waals surface area (Å²) in [6.45, 7) is 12.9. The summed E-state index contributed by atoms with van der Waals surface area (Å²) in [6, 6.07) is 16.2. The second kappa shape index (κ2) is 10.8. The molecule has 0 bridgehead atoms. The molecule has 1 unspecified atom stereocenters. The fraction of sp³-hybridized carbons (Fsp3) is 0.312. The van der Waals surface area contributed by atoms with E-state index in [1.54, 1.807) is 0 Å². The van der Waals surface area contributed by atoms with Crippen molar-refractivity contribution in [3.63, 3.8) is 0 Å². The van der Waals surface area contributed by atoms with Gasteiger partial charge in [0.15, 0.2) is 0 Å². The SMILES string of the molecule is C=C/C(=C\C=C(/C)C1C[C@@H](C)O[C@@H](C)C1)c1cnc2c(-c3ccc(C#N)cc3)cccc2c1CC. The summed E-state index contributed by atoms with van der Waals surface area (Å²) in [5, 5.41) is 10.3. The molecule has 1 saturated heterocycles. The van der Waals surface area contributed by atoms with E-state index in [1.807, 2.05) is 36.5 Å². The molecular formula is C32H34N2O. The van der Waals surface area contributed by atoms with E-state index in [1.165, 1.54) is 11.1 Å². The molecule has 0 radical (unpaired) electrons. The number of allylic oxidation sites excluding steroid dienone is 5. The van der Waals surface area contributed by atoms with Crippen molar-refractivity contribution in [3.05, 3.63) is 95.7 Å². The molecule has 2 aromatic carbocycles. The van der Waals surface area contributed by atoms with E-state index in [9.17, 15) is 0 Å². The van der Waals surface area contributed by atoms with Crippen LogP contribution in [0, 0.1) is 17.2 Å². The smallest absolute Gasteiger partial charge is 0.0991 e. The number of fused-ring (bicyclic) bond motifs is 1. The first-order valence-corrected chi connectivity index (χ1v) is 12.5. The van der Waals surface area contributed by atoms with Crippen molar-refractivity contribution in [3.8, 4) is 17.2 Å². The van der Waals surface area contributed by atoms with Gasteiger partial charge in [0.05, 0.1) is 29.4 Å². The average molecular weight is 463 g/mol. The average Bonchev–Trinajstić information content (AvgIpc) is 2.87. The van der Waals surface area contributed by atoms with Gasteiger partial charge in [-0.1, -0.05) is 67.6 Å². The minimum absolute atomic E-state index is 0.302. The first-order chi connectivity index (χ1) is 16.9. The molecule has 35 heavy (non-hydrogen) atoms. The van der Waals surface area contributed by atoms with Crippen molar-refractivity contribution in [1.29, 1.82) is 5.26 Å². The Bertz CT molecular complexity index is 1310. The summed E-state index contributed by atoms with van der Waals surface area (Å²) in [7, 11) is 0. The van der Waals surface area contributed by atoms with Gasteiger partial charge in [0, 0.05) is 22.7 Å². The Morgan fingerprint density at radius 2 is 1.83 bits per heavy atom. The van der Waals surface area contributed by atoms with Gasteiger partial charge in [-0.2, -0.15) is 5.26 Å². The molecule has 178 valence electrons. The Balaban J connectivity index is 1.74. The summed E-state index contributed by atoms with van der Waals surface area (Å²) in [6.07, 6.45) is 12.0. The predicted octanol–water partition coefficient (Wildman–Crippen LogP) is 8.06. The number of para-hydroxylation sites is 1. The maximum atomic E-state index is 9.13. The standard InChI is InChI=1S/C32H34N2O/c1-6-25(14-11-21(3)27-17-22(4)35-23(5)18-27)31-20-34-32-29(9-8-10-30(32)28(31)7-2)26-15-12-24(19-33)13-16-26/h6,8-16,20,22-23,27H,1,7,17-18H2,2-5H3/b21-11+,25-14+/t22-,23+,27?. The topological polar surface area (TPSA) is 45.9 Å². The van der Waals surface area contributed by atoms with E-state index in [0.29, 0.717) is 23.7 Å². The quantitative estimate of drug-likeness (QED) is 0.348. The number of pyridine rings is 1. The van der Waals surface area contributed by atoms with E-state index in [4.69, 9.17) is 15.0 Å². The molecule has 0 saturated carbocycles. The molecule has 1 fully saturated rings. The summed E-state index contributed by atoms with van der Waals surface area (Å²) in [5.74, 6) is 0.548. The van der Waals surface area contributed by atoms with E-state index in [0.717, 1.165) is 52.4 Å². The molecule has 1 aliphatic heterocycles. The van der Waals surface area contributed by atoms with Crippen LogP contribution in [0.4, 0.5) is 0 Å². The van der Waals surface area contributed by atoms with Crippen LogP contribution < -0.4 is 0 Å². The van der Waals surface area contributed by atoms with Crippen molar-refractivity contribution >= 4 is 16.5 Å². The Labute approximate surface area is 209 Å². The van der Waals surface area contributed by atoms with E-state index in [2.05, 4.69) is 70.7 Å². The van der Waals surface area contributed by atoms with Crippen molar-refractivity contribution in [2.75, 3.05) is 0 Å². The van der Waals surface area contributed by atoms with Gasteiger partial charge in [0.1, 0.15) is 0 Å². The second-order valence-electron chi connectivity index (χ2n) is 9.56. The Morgan fingerprint density at radius 3 is 2.46 bits per heavy atom. The molecule has 0 spiro atoms. The number of hydrogen-bond donors (Lipinski definition) is 0. The van der Waals surface area contributed by atoms with Crippen LogP contribution in [0.15, 0.2) is 79.0 Å². The molecule has 3 nitrogen and oxygen atoms in total. The molecule has 4 rings (SSSR count). The van der Waals surface area contributed by atoms with Crippen LogP contribution in [0.2, 0.25) is 0 Å². The number of nitrogens with zero attached hydrogens (tertiary/aromatic N) is 2. The van der Waals surface area contributed by atoms with E-state index in [-0.39, 0.29) is 0 Å². The highest BCUT2D eigenvalue weighted by atomic mass is 16.5. The Hall–Kier alpha value is -3.48. The van der Waals surface area contributed by atoms with Crippen molar-refractivity contribution in [2.24, 2.45) is 5.92 Å². The molecule has 0 N–H and O–H groups in total. The summed E-state index contributed by atoms with van der Waals surface area (Å²) >= 11 is 0. The maximum Gasteiger partial charge on any atom is 0.0991 e. The zero-order chi connectivity index (χ0) is 24.9. The molecule has 3 atom stereocenters. The fourth-order valence-electron chi connectivity index (χ4n) is 5.27. The summed E-state index contributed by atoms with van der Waals surface area (Å²) in [5.41, 5.74) is 8.67. The molecule has 3 aromatic rings. The van der Waals surface area contributed by atoms with Gasteiger partial charge in [0.25, 0.3) is 0 Å². The molecule has 1 aliphatic rings. The van der Waals surface area contributed by atoms with Gasteiger partial charge < -0.3 is 4.74 Å². The lowest BCUT2D eigenvalue weighted by Gasteiger charge is -2.32. The highest BCUT2D eigenvalue weighted by molar-refractivity contribution is 5.98. The summed E-state index contributed by atoms with van der Waals surface area (Å²) in [4.78, 5) is 4.92. The van der Waals surface area contributed by atoms with Crippen molar-refractivity contribution in [1.82, 2.24) is 4.98 Å². The van der Waals surface area contributed by atoms with Crippen LogP contribution in [0.5, 0.6) is 0 Å². The fourth-order valence-corrected chi connectivity index (χ4v) is 5.27. The highest BCUT2D eigenvalue weighted by Crippen LogP contribution is 2.34. The van der Waals surface area contributed by atoms with Gasteiger partial charge in [-0.25, -0.2) is 0 Å². The number of nitriles is 1. The minimum atomic E-state index is 0.302. The maximum absolute atomic E-state index is 9.13. The van der Waals surface area contributed by atoms with Crippen LogP contribution >= 0.6 is 0 Å². The van der Waals surface area contributed by atoms with Crippen molar-refractivity contribution in [2.45, 2.75) is 59.2 Å². The second-order valence-corrected chi connectivity index (χ2v) is 9.56. The number of benzene rings is 2. The van der Waals surface area contributed by atoms with Gasteiger partial charge in [-0.05, 0) is 74.8 Å². The normalized spacial score (nSPS) is 21.1. The van der Waals surface area contributed by atoms with Gasteiger partial charge in [0.2, 0.25) is 0 Å². The number of ether oxygens (including phenoxy) is 1. The summed E-state index contributed by atoms with van der Waals surface area (Å²) < 4.78 is 5.93.